The summed E-state index contributed by atoms with van der Waals surface area (Å²) in [6.45, 7) is 17.6. The fourth-order valence-electron chi connectivity index (χ4n) is 3.77. The summed E-state index contributed by atoms with van der Waals surface area (Å²) in [6, 6.07) is 7.15. The lowest BCUT2D eigenvalue weighted by molar-refractivity contribution is 0.121. The third-order valence-electron chi connectivity index (χ3n) is 5.88. The molecule has 1 aromatic carbocycles. The Labute approximate surface area is 170 Å². The lowest BCUT2D eigenvalue weighted by Crippen LogP contribution is -2.46. The third-order valence-corrected chi connectivity index (χ3v) is 5.88. The summed E-state index contributed by atoms with van der Waals surface area (Å²) in [7, 11) is 0. The van der Waals surface area contributed by atoms with Gasteiger partial charge >= 0.3 is 0 Å². The standard InChI is InChI=1S/C24H35N3O/c1-6-19(4)15-24(25-17-18(2)3)27-12-10-26(11-13-27)20(5)22-8-7-21-9-14-28-23(21)16-22/h7-8,15-17,19-20H,2,6,9-14H2,1,3-5H3/b24-15+,25-17-. The van der Waals surface area contributed by atoms with Crippen LogP contribution < -0.4 is 4.74 Å². The van der Waals surface area contributed by atoms with Crippen molar-refractivity contribution in [1.29, 1.82) is 0 Å². The number of benzene rings is 1. The fourth-order valence-corrected chi connectivity index (χ4v) is 3.77. The highest BCUT2D eigenvalue weighted by molar-refractivity contribution is 5.77. The predicted octanol–water partition coefficient (Wildman–Crippen LogP) is 4.83. The van der Waals surface area contributed by atoms with Crippen LogP contribution in [0.3, 0.4) is 0 Å². The maximum absolute atomic E-state index is 5.76. The van der Waals surface area contributed by atoms with Crippen LogP contribution in [-0.2, 0) is 6.42 Å². The van der Waals surface area contributed by atoms with Crippen molar-refractivity contribution in [3.05, 3.63) is 53.4 Å². The average Bonchev–Trinajstić information content (AvgIpc) is 3.18. The highest BCUT2D eigenvalue weighted by Crippen LogP contribution is 2.31. The zero-order chi connectivity index (χ0) is 20.1. The summed E-state index contributed by atoms with van der Waals surface area (Å²) < 4.78 is 5.76. The van der Waals surface area contributed by atoms with Crippen LogP contribution in [-0.4, -0.2) is 48.8 Å². The minimum atomic E-state index is 0.401. The number of aliphatic imine (C=N–C) groups is 1. The second kappa shape index (κ2) is 9.42. The maximum Gasteiger partial charge on any atom is 0.124 e. The summed E-state index contributed by atoms with van der Waals surface area (Å²) in [5, 5.41) is 0. The summed E-state index contributed by atoms with van der Waals surface area (Å²) in [6.07, 6.45) is 6.35. The molecule has 2 aliphatic heterocycles. The van der Waals surface area contributed by atoms with Gasteiger partial charge in [-0.3, -0.25) is 4.90 Å². The van der Waals surface area contributed by atoms with Crippen molar-refractivity contribution in [2.45, 2.75) is 46.6 Å². The smallest absolute Gasteiger partial charge is 0.124 e. The van der Waals surface area contributed by atoms with Crippen molar-refractivity contribution < 1.29 is 4.74 Å². The van der Waals surface area contributed by atoms with Gasteiger partial charge in [-0.2, -0.15) is 0 Å². The molecule has 0 aromatic heterocycles. The first-order valence-electron chi connectivity index (χ1n) is 10.6. The Morgan fingerprint density at radius 1 is 1.25 bits per heavy atom. The van der Waals surface area contributed by atoms with Gasteiger partial charge in [0.05, 0.1) is 6.61 Å². The highest BCUT2D eigenvalue weighted by Gasteiger charge is 2.24. The molecule has 0 N–H and O–H groups in total. The van der Waals surface area contributed by atoms with Crippen molar-refractivity contribution in [2.75, 3.05) is 32.8 Å². The molecular formula is C24H35N3O. The van der Waals surface area contributed by atoms with E-state index < -0.39 is 0 Å². The fraction of sp³-hybridized carbons (Fsp3) is 0.542. The van der Waals surface area contributed by atoms with Gasteiger partial charge in [0.2, 0.25) is 0 Å². The molecule has 0 radical (unpaired) electrons. The van der Waals surface area contributed by atoms with Crippen LogP contribution in [0.15, 0.2) is 47.2 Å². The molecule has 1 saturated heterocycles. The van der Waals surface area contributed by atoms with Crippen LogP contribution in [0.2, 0.25) is 0 Å². The maximum atomic E-state index is 5.76. The van der Waals surface area contributed by atoms with Crippen LogP contribution in [0.5, 0.6) is 5.75 Å². The average molecular weight is 382 g/mol. The number of piperazine rings is 1. The number of fused-ring (bicyclic) bond motifs is 1. The Balaban J connectivity index is 1.65. The van der Waals surface area contributed by atoms with E-state index in [9.17, 15) is 0 Å². The van der Waals surface area contributed by atoms with Gasteiger partial charge < -0.3 is 9.64 Å². The first-order chi connectivity index (χ1) is 13.5. The molecule has 0 bridgehead atoms. The van der Waals surface area contributed by atoms with Gasteiger partial charge in [0.15, 0.2) is 0 Å². The quantitative estimate of drug-likeness (QED) is 0.633. The topological polar surface area (TPSA) is 28.1 Å². The monoisotopic (exact) mass is 381 g/mol. The van der Waals surface area contributed by atoms with E-state index in [4.69, 9.17) is 9.73 Å². The second-order valence-corrected chi connectivity index (χ2v) is 8.18. The molecule has 0 saturated carbocycles. The van der Waals surface area contributed by atoms with Crippen molar-refractivity contribution in [3.63, 3.8) is 0 Å². The molecular weight excluding hydrogens is 346 g/mol. The van der Waals surface area contributed by atoms with Crippen LogP contribution in [0, 0.1) is 5.92 Å². The Morgan fingerprint density at radius 2 is 2.00 bits per heavy atom. The van der Waals surface area contributed by atoms with E-state index >= 15 is 0 Å². The summed E-state index contributed by atoms with van der Waals surface area (Å²) in [5.41, 5.74) is 3.68. The lowest BCUT2D eigenvalue weighted by Gasteiger charge is -2.39. The third kappa shape index (κ3) is 5.05. The van der Waals surface area contributed by atoms with Gasteiger partial charge in [-0.25, -0.2) is 4.99 Å². The molecule has 1 aromatic rings. The normalized spacial score (nSPS) is 20.1. The molecule has 152 valence electrons. The Kier molecular flexibility index (Phi) is 6.95. The molecule has 1 fully saturated rings. The molecule has 0 amide bonds. The molecule has 0 spiro atoms. The SMILES string of the molecule is C=C(C)/C=N\C(=C/C(C)CC)N1CCN(C(C)c2ccc3c(c2)OCC3)CC1. The summed E-state index contributed by atoms with van der Waals surface area (Å²) >= 11 is 0. The Bertz CT molecular complexity index is 744. The van der Waals surface area contributed by atoms with Crippen molar-refractivity contribution in [1.82, 2.24) is 9.80 Å². The molecule has 4 nitrogen and oxygen atoms in total. The predicted molar refractivity (Wildman–Crippen MR) is 118 cm³/mol. The van der Waals surface area contributed by atoms with E-state index in [1.807, 2.05) is 13.1 Å². The van der Waals surface area contributed by atoms with Gasteiger partial charge in [0, 0.05) is 44.9 Å². The molecule has 0 aliphatic carbocycles. The minimum Gasteiger partial charge on any atom is -0.493 e. The van der Waals surface area contributed by atoms with E-state index in [2.05, 4.69) is 61.4 Å². The number of hydrogen-bond donors (Lipinski definition) is 0. The van der Waals surface area contributed by atoms with Crippen LogP contribution in [0.1, 0.15) is 51.3 Å². The van der Waals surface area contributed by atoms with Gasteiger partial charge in [-0.05, 0) is 55.0 Å². The molecule has 2 heterocycles. The second-order valence-electron chi connectivity index (χ2n) is 8.18. The number of nitrogens with zero attached hydrogens (tertiary/aromatic N) is 3. The molecule has 3 rings (SSSR count). The number of rotatable bonds is 7. The number of allylic oxidation sites excluding steroid dienone is 2. The largest absolute Gasteiger partial charge is 0.493 e. The van der Waals surface area contributed by atoms with Crippen LogP contribution in [0.25, 0.3) is 0 Å². The minimum absolute atomic E-state index is 0.401. The molecule has 2 unspecified atom stereocenters. The molecule has 4 heteroatoms. The molecule has 28 heavy (non-hydrogen) atoms. The summed E-state index contributed by atoms with van der Waals surface area (Å²) in [4.78, 5) is 9.71. The van der Waals surface area contributed by atoms with E-state index in [-0.39, 0.29) is 0 Å². The number of hydrogen-bond acceptors (Lipinski definition) is 4. The zero-order valence-electron chi connectivity index (χ0n) is 17.9. The van der Waals surface area contributed by atoms with Gasteiger partial charge in [-0.1, -0.05) is 32.6 Å². The summed E-state index contributed by atoms with van der Waals surface area (Å²) in [5.74, 6) is 2.70. The van der Waals surface area contributed by atoms with Gasteiger partial charge in [-0.15, -0.1) is 0 Å². The van der Waals surface area contributed by atoms with E-state index in [0.29, 0.717) is 12.0 Å². The van der Waals surface area contributed by atoms with E-state index in [0.717, 1.165) is 62.8 Å². The van der Waals surface area contributed by atoms with Crippen molar-refractivity contribution in [2.24, 2.45) is 10.9 Å². The van der Waals surface area contributed by atoms with Crippen molar-refractivity contribution >= 4 is 6.21 Å². The van der Waals surface area contributed by atoms with Crippen molar-refractivity contribution in [3.8, 4) is 5.75 Å². The zero-order valence-corrected chi connectivity index (χ0v) is 17.9. The van der Waals surface area contributed by atoms with Crippen LogP contribution >= 0.6 is 0 Å². The first-order valence-corrected chi connectivity index (χ1v) is 10.6. The van der Waals surface area contributed by atoms with Crippen LogP contribution in [0.4, 0.5) is 0 Å². The first kappa shape index (κ1) is 20.7. The van der Waals surface area contributed by atoms with Gasteiger partial charge in [0.25, 0.3) is 0 Å². The number of ether oxygens (including phenoxy) is 1. The van der Waals surface area contributed by atoms with E-state index in [1.165, 1.54) is 11.1 Å². The van der Waals surface area contributed by atoms with E-state index in [1.54, 1.807) is 0 Å². The highest BCUT2D eigenvalue weighted by atomic mass is 16.5. The van der Waals surface area contributed by atoms with Gasteiger partial charge in [0.1, 0.15) is 11.6 Å². The lowest BCUT2D eigenvalue weighted by atomic mass is 10.0. The molecule has 2 atom stereocenters. The Hall–Kier alpha value is -2.07. The Morgan fingerprint density at radius 3 is 2.68 bits per heavy atom. The molecule has 2 aliphatic rings.